The van der Waals surface area contributed by atoms with Gasteiger partial charge in [-0.1, -0.05) is 27.7 Å². The van der Waals surface area contributed by atoms with Gasteiger partial charge >= 0.3 is 0 Å². The average Bonchev–Trinajstić information content (AvgIpc) is 3.06. The lowest BCUT2D eigenvalue weighted by Crippen LogP contribution is -2.42. The van der Waals surface area contributed by atoms with Crippen molar-refractivity contribution in [2.45, 2.75) is 53.4 Å². The number of hydrogen-bond donors (Lipinski definition) is 0. The highest BCUT2D eigenvalue weighted by Crippen LogP contribution is 2.25. The van der Waals surface area contributed by atoms with Gasteiger partial charge in [0.25, 0.3) is 0 Å². The van der Waals surface area contributed by atoms with Crippen LogP contribution in [0, 0.1) is 23.7 Å². The number of ketones is 2. The summed E-state index contributed by atoms with van der Waals surface area (Å²) in [7, 11) is 0. The second kappa shape index (κ2) is 19.1. The Hall–Kier alpha value is -2.78. The lowest BCUT2D eigenvalue weighted by Gasteiger charge is -2.32. The second-order valence-electron chi connectivity index (χ2n) is 13.6. The van der Waals surface area contributed by atoms with E-state index in [0.717, 1.165) is 50.5 Å². The van der Waals surface area contributed by atoms with Crippen LogP contribution in [0.15, 0.2) is 48.5 Å². The third kappa shape index (κ3) is 12.1. The summed E-state index contributed by atoms with van der Waals surface area (Å²) < 4.78 is 23.0. The predicted octanol–water partition coefficient (Wildman–Crippen LogP) is 6.28. The van der Waals surface area contributed by atoms with Crippen LogP contribution in [0.1, 0.15) is 74.1 Å². The number of carbonyl (C=O) groups is 2. The van der Waals surface area contributed by atoms with E-state index in [0.29, 0.717) is 88.5 Å². The molecular formula is C38H56N2O6. The van der Waals surface area contributed by atoms with E-state index in [1.54, 1.807) is 0 Å². The van der Waals surface area contributed by atoms with Crippen LogP contribution in [0.4, 0.5) is 0 Å². The molecule has 0 saturated carbocycles. The Kier molecular flexibility index (Phi) is 15.0. The molecule has 2 atom stereocenters. The second-order valence-corrected chi connectivity index (χ2v) is 13.6. The van der Waals surface area contributed by atoms with Crippen LogP contribution in [0.5, 0.6) is 11.5 Å². The van der Waals surface area contributed by atoms with E-state index in [9.17, 15) is 9.59 Å². The normalized spacial score (nSPS) is 17.6. The van der Waals surface area contributed by atoms with Crippen LogP contribution >= 0.6 is 0 Å². The summed E-state index contributed by atoms with van der Waals surface area (Å²) in [5, 5.41) is 0. The zero-order valence-corrected chi connectivity index (χ0v) is 28.6. The van der Waals surface area contributed by atoms with E-state index >= 15 is 0 Å². The van der Waals surface area contributed by atoms with Gasteiger partial charge in [0.2, 0.25) is 0 Å². The van der Waals surface area contributed by atoms with Crippen LogP contribution in [-0.2, 0) is 9.47 Å². The Morgan fingerprint density at radius 3 is 1.26 bits per heavy atom. The van der Waals surface area contributed by atoms with Gasteiger partial charge in [-0.15, -0.1) is 0 Å². The fourth-order valence-electron chi connectivity index (χ4n) is 5.93. The van der Waals surface area contributed by atoms with Gasteiger partial charge < -0.3 is 18.9 Å². The number of rotatable bonds is 19. The van der Waals surface area contributed by atoms with Crippen molar-refractivity contribution in [2.24, 2.45) is 23.7 Å². The van der Waals surface area contributed by atoms with Crippen molar-refractivity contribution >= 4 is 11.6 Å². The summed E-state index contributed by atoms with van der Waals surface area (Å²) in [6, 6.07) is 15.2. The lowest BCUT2D eigenvalue weighted by molar-refractivity contribution is 0.0254. The topological polar surface area (TPSA) is 77.5 Å². The minimum Gasteiger partial charge on any atom is -0.494 e. The standard InChI is InChI=1S/C38H56N2O6/c1-29(2)15-21-45-35-11-7-31(8-12-35)37(41)33(27-39-17-23-43-24-18-39)5-6-34(28-40-19-25-44-26-20-40)38(42)32-9-13-36(14-10-32)46-22-16-30(3)4/h7-14,29-30,33-34H,5-6,15-28H2,1-4H3. The first kappa shape index (κ1) is 36.1. The first-order chi connectivity index (χ1) is 22.3. The third-order valence-electron chi connectivity index (χ3n) is 8.98. The Bertz CT molecular complexity index is 1080. The number of hydrogen-bond acceptors (Lipinski definition) is 8. The largest absolute Gasteiger partial charge is 0.494 e. The minimum absolute atomic E-state index is 0.126. The Labute approximate surface area is 276 Å². The van der Waals surface area contributed by atoms with Crippen molar-refractivity contribution < 1.29 is 28.5 Å². The molecule has 2 aromatic carbocycles. The van der Waals surface area contributed by atoms with Gasteiger partial charge in [0.15, 0.2) is 11.6 Å². The highest BCUT2D eigenvalue weighted by molar-refractivity contribution is 5.99. The molecular weight excluding hydrogens is 580 g/mol. The maximum absolute atomic E-state index is 14.0. The maximum Gasteiger partial charge on any atom is 0.167 e. The first-order valence-electron chi connectivity index (χ1n) is 17.4. The number of Topliss-reactive ketones (excluding diaryl/α,β-unsaturated/α-hetero) is 2. The summed E-state index contributed by atoms with van der Waals surface area (Å²) in [4.78, 5) is 32.7. The molecule has 2 aliphatic heterocycles. The number of ether oxygens (including phenoxy) is 4. The molecule has 2 saturated heterocycles. The maximum atomic E-state index is 14.0. The van der Waals surface area contributed by atoms with E-state index in [1.165, 1.54) is 0 Å². The van der Waals surface area contributed by atoms with Crippen molar-refractivity contribution in [3.63, 3.8) is 0 Å². The molecule has 8 nitrogen and oxygen atoms in total. The van der Waals surface area contributed by atoms with E-state index in [2.05, 4.69) is 37.5 Å². The summed E-state index contributed by atoms with van der Waals surface area (Å²) in [6.07, 6.45) is 3.26. The SMILES string of the molecule is CC(C)CCOc1ccc(C(=O)C(CCC(CN2CCOCC2)C(=O)c2ccc(OCCC(C)C)cc2)CN2CCOCC2)cc1. The molecule has 2 heterocycles. The molecule has 0 N–H and O–H groups in total. The molecule has 2 aromatic rings. The highest BCUT2D eigenvalue weighted by atomic mass is 16.5. The van der Waals surface area contributed by atoms with Gasteiger partial charge in [-0.05, 0) is 86.1 Å². The van der Waals surface area contributed by atoms with Gasteiger partial charge in [0.05, 0.1) is 39.6 Å². The molecule has 2 aliphatic rings. The molecule has 0 amide bonds. The molecule has 0 radical (unpaired) electrons. The van der Waals surface area contributed by atoms with Crippen LogP contribution in [-0.4, -0.2) is 100 Å². The fourth-order valence-corrected chi connectivity index (χ4v) is 5.93. The molecule has 46 heavy (non-hydrogen) atoms. The van der Waals surface area contributed by atoms with Gasteiger partial charge in [0, 0.05) is 62.2 Å². The third-order valence-corrected chi connectivity index (χ3v) is 8.98. The molecule has 8 heteroatoms. The number of carbonyl (C=O) groups excluding carboxylic acids is 2. The summed E-state index contributed by atoms with van der Waals surface area (Å²) in [6.45, 7) is 17.3. The van der Waals surface area contributed by atoms with Gasteiger partial charge in [-0.25, -0.2) is 0 Å². The summed E-state index contributed by atoms with van der Waals surface area (Å²) in [5.41, 5.74) is 1.39. The van der Waals surface area contributed by atoms with Gasteiger partial charge in [0.1, 0.15) is 11.5 Å². The smallest absolute Gasteiger partial charge is 0.167 e. The first-order valence-corrected chi connectivity index (χ1v) is 17.4. The van der Waals surface area contributed by atoms with Gasteiger partial charge in [-0.2, -0.15) is 0 Å². The molecule has 254 valence electrons. The zero-order valence-electron chi connectivity index (χ0n) is 28.6. The molecule has 0 spiro atoms. The molecule has 4 rings (SSSR count). The van der Waals surface area contributed by atoms with Crippen molar-refractivity contribution in [1.82, 2.24) is 9.80 Å². The highest BCUT2D eigenvalue weighted by Gasteiger charge is 2.29. The van der Waals surface area contributed by atoms with Gasteiger partial charge in [-0.3, -0.25) is 19.4 Å². The van der Waals surface area contributed by atoms with Crippen molar-refractivity contribution in [2.75, 3.05) is 78.9 Å². The van der Waals surface area contributed by atoms with Crippen molar-refractivity contribution in [3.8, 4) is 11.5 Å². The van der Waals surface area contributed by atoms with E-state index in [-0.39, 0.29) is 23.4 Å². The quantitative estimate of drug-likeness (QED) is 0.167. The molecule has 2 fully saturated rings. The fraction of sp³-hybridized carbons (Fsp3) is 0.632. The number of nitrogens with zero attached hydrogens (tertiary/aromatic N) is 2. The van der Waals surface area contributed by atoms with Crippen LogP contribution in [0.2, 0.25) is 0 Å². The summed E-state index contributed by atoms with van der Waals surface area (Å²) >= 11 is 0. The van der Waals surface area contributed by atoms with Crippen molar-refractivity contribution in [1.29, 1.82) is 0 Å². The Morgan fingerprint density at radius 2 is 0.935 bits per heavy atom. The Balaban J connectivity index is 1.46. The molecule has 0 bridgehead atoms. The molecule has 0 aliphatic carbocycles. The average molecular weight is 637 g/mol. The summed E-state index contributed by atoms with van der Waals surface area (Å²) in [5.74, 6) is 2.54. The van der Waals surface area contributed by atoms with E-state index in [1.807, 2.05) is 48.5 Å². The Morgan fingerprint density at radius 1 is 0.587 bits per heavy atom. The molecule has 2 unspecified atom stereocenters. The minimum atomic E-state index is -0.220. The lowest BCUT2D eigenvalue weighted by atomic mass is 9.86. The monoisotopic (exact) mass is 636 g/mol. The number of morpholine rings is 2. The zero-order chi connectivity index (χ0) is 32.7. The van der Waals surface area contributed by atoms with Crippen molar-refractivity contribution in [3.05, 3.63) is 59.7 Å². The van der Waals surface area contributed by atoms with Crippen LogP contribution < -0.4 is 9.47 Å². The van der Waals surface area contributed by atoms with E-state index < -0.39 is 0 Å². The number of benzene rings is 2. The predicted molar refractivity (Wildman–Crippen MR) is 182 cm³/mol. The van der Waals surface area contributed by atoms with Crippen LogP contribution in [0.25, 0.3) is 0 Å². The molecule has 0 aromatic heterocycles. The van der Waals surface area contributed by atoms with E-state index in [4.69, 9.17) is 18.9 Å². The van der Waals surface area contributed by atoms with Crippen LogP contribution in [0.3, 0.4) is 0 Å².